The molecule has 0 fully saturated rings. The zero-order valence-corrected chi connectivity index (χ0v) is 14.4. The fraction of sp³-hybridized carbons (Fsp3) is 0.316. The second kappa shape index (κ2) is 6.43. The number of amides is 1. The van der Waals surface area contributed by atoms with Gasteiger partial charge in [0.1, 0.15) is 5.76 Å². The highest BCUT2D eigenvalue weighted by Gasteiger charge is 2.17. The maximum Gasteiger partial charge on any atom is 0.229 e. The molecule has 5 nitrogen and oxygen atoms in total. The molecule has 2 aromatic heterocycles. The van der Waals surface area contributed by atoms with Crippen molar-refractivity contribution in [2.24, 2.45) is 0 Å². The number of para-hydroxylation sites is 1. The minimum absolute atomic E-state index is 0.0742. The van der Waals surface area contributed by atoms with E-state index in [2.05, 4.69) is 22.4 Å². The lowest BCUT2D eigenvalue weighted by Crippen LogP contribution is -2.17. The van der Waals surface area contributed by atoms with Crippen LogP contribution < -0.4 is 5.32 Å². The van der Waals surface area contributed by atoms with Gasteiger partial charge in [-0.05, 0) is 38.8 Å². The molecular formula is C19H21N3O2. The van der Waals surface area contributed by atoms with Crippen molar-refractivity contribution in [3.05, 3.63) is 52.5 Å². The molecule has 0 aliphatic carbocycles. The molecule has 0 atom stereocenters. The van der Waals surface area contributed by atoms with E-state index in [-0.39, 0.29) is 12.3 Å². The molecule has 5 heteroatoms. The van der Waals surface area contributed by atoms with Gasteiger partial charge < -0.3 is 9.84 Å². The number of pyridine rings is 1. The Kier molecular flexibility index (Phi) is 4.34. The number of anilines is 1. The summed E-state index contributed by atoms with van der Waals surface area (Å²) in [6.45, 7) is 7.73. The van der Waals surface area contributed by atoms with Crippen molar-refractivity contribution in [2.75, 3.05) is 5.32 Å². The van der Waals surface area contributed by atoms with Gasteiger partial charge in [-0.3, -0.25) is 9.78 Å². The molecule has 0 saturated heterocycles. The highest BCUT2D eigenvalue weighted by atomic mass is 16.5. The number of hydrogen-bond donors (Lipinski definition) is 1. The molecule has 3 rings (SSSR count). The summed E-state index contributed by atoms with van der Waals surface area (Å²) in [4.78, 5) is 17.2. The first-order valence-corrected chi connectivity index (χ1v) is 8.11. The van der Waals surface area contributed by atoms with E-state index in [0.29, 0.717) is 5.76 Å². The third-order valence-corrected chi connectivity index (χ3v) is 4.34. The molecule has 0 unspecified atom stereocenters. The monoisotopic (exact) mass is 323 g/mol. The fourth-order valence-corrected chi connectivity index (χ4v) is 3.05. The summed E-state index contributed by atoms with van der Waals surface area (Å²) < 4.78 is 5.14. The van der Waals surface area contributed by atoms with Crippen LogP contribution in [0.1, 0.15) is 35.2 Å². The number of rotatable bonds is 4. The fourth-order valence-electron chi connectivity index (χ4n) is 3.05. The van der Waals surface area contributed by atoms with Crippen LogP contribution >= 0.6 is 0 Å². The van der Waals surface area contributed by atoms with E-state index in [1.54, 1.807) is 0 Å². The Balaban J connectivity index is 1.98. The molecule has 0 aliphatic heterocycles. The number of carbonyl (C=O) groups excluding carboxylic acids is 1. The van der Waals surface area contributed by atoms with Crippen LogP contribution in [0, 0.1) is 20.8 Å². The van der Waals surface area contributed by atoms with E-state index in [9.17, 15) is 4.79 Å². The molecule has 24 heavy (non-hydrogen) atoms. The Bertz CT molecular complexity index is 893. The number of carbonyl (C=O) groups is 1. The highest BCUT2D eigenvalue weighted by Crippen LogP contribution is 2.29. The van der Waals surface area contributed by atoms with E-state index in [4.69, 9.17) is 4.52 Å². The number of nitrogens with zero attached hydrogens (tertiary/aromatic N) is 2. The molecule has 1 amide bonds. The zero-order valence-electron chi connectivity index (χ0n) is 14.4. The first kappa shape index (κ1) is 16.2. The summed E-state index contributed by atoms with van der Waals surface area (Å²) in [5.41, 5.74) is 5.37. The SMILES string of the molecule is CCc1c(C)nc2ccccc2c1NC(=O)Cc1c(C)noc1C. The molecule has 1 aromatic carbocycles. The Morgan fingerprint density at radius 2 is 1.88 bits per heavy atom. The van der Waals surface area contributed by atoms with Crippen LogP contribution in [-0.2, 0) is 17.6 Å². The number of aromatic nitrogens is 2. The third kappa shape index (κ3) is 2.89. The van der Waals surface area contributed by atoms with Gasteiger partial charge in [-0.25, -0.2) is 0 Å². The Morgan fingerprint density at radius 1 is 1.12 bits per heavy atom. The smallest absolute Gasteiger partial charge is 0.229 e. The van der Waals surface area contributed by atoms with Crippen LogP contribution in [-0.4, -0.2) is 16.0 Å². The van der Waals surface area contributed by atoms with E-state index in [0.717, 1.165) is 45.5 Å². The molecule has 0 bridgehead atoms. The van der Waals surface area contributed by atoms with E-state index in [1.807, 2.05) is 45.0 Å². The lowest BCUT2D eigenvalue weighted by molar-refractivity contribution is -0.115. The second-order valence-corrected chi connectivity index (χ2v) is 5.95. The molecule has 0 saturated carbocycles. The van der Waals surface area contributed by atoms with Crippen molar-refractivity contribution >= 4 is 22.5 Å². The summed E-state index contributed by atoms with van der Waals surface area (Å²) >= 11 is 0. The first-order valence-electron chi connectivity index (χ1n) is 8.11. The van der Waals surface area contributed by atoms with Gasteiger partial charge in [0.25, 0.3) is 0 Å². The van der Waals surface area contributed by atoms with Gasteiger partial charge in [0.05, 0.1) is 23.3 Å². The molecule has 0 radical (unpaired) electrons. The normalized spacial score (nSPS) is 11.0. The van der Waals surface area contributed by atoms with Crippen molar-refractivity contribution in [1.29, 1.82) is 0 Å². The predicted molar refractivity (Wildman–Crippen MR) is 94.2 cm³/mol. The summed E-state index contributed by atoms with van der Waals surface area (Å²) in [7, 11) is 0. The minimum atomic E-state index is -0.0742. The minimum Gasteiger partial charge on any atom is -0.361 e. The van der Waals surface area contributed by atoms with Gasteiger partial charge in [0.15, 0.2) is 0 Å². The topological polar surface area (TPSA) is 68.0 Å². The molecule has 1 N–H and O–H groups in total. The van der Waals surface area contributed by atoms with Gasteiger partial charge in [0, 0.05) is 16.6 Å². The maximum absolute atomic E-state index is 12.6. The number of hydrogen-bond acceptors (Lipinski definition) is 4. The molecule has 3 aromatic rings. The van der Waals surface area contributed by atoms with Crippen LogP contribution in [0.3, 0.4) is 0 Å². The second-order valence-electron chi connectivity index (χ2n) is 5.95. The molecular weight excluding hydrogens is 302 g/mol. The number of nitrogens with one attached hydrogen (secondary N) is 1. The average Bonchev–Trinajstić information content (AvgIpc) is 2.87. The van der Waals surface area contributed by atoms with Crippen molar-refractivity contribution < 1.29 is 9.32 Å². The van der Waals surface area contributed by atoms with Crippen molar-refractivity contribution in [2.45, 2.75) is 40.5 Å². The van der Waals surface area contributed by atoms with Crippen molar-refractivity contribution in [1.82, 2.24) is 10.1 Å². The number of benzene rings is 1. The van der Waals surface area contributed by atoms with E-state index < -0.39 is 0 Å². The molecule has 0 aliphatic rings. The van der Waals surface area contributed by atoms with Crippen LogP contribution in [0.2, 0.25) is 0 Å². The Hall–Kier alpha value is -2.69. The van der Waals surface area contributed by atoms with Crippen LogP contribution in [0.25, 0.3) is 10.9 Å². The average molecular weight is 323 g/mol. The first-order chi connectivity index (χ1) is 11.5. The van der Waals surface area contributed by atoms with Crippen molar-refractivity contribution in [3.63, 3.8) is 0 Å². The van der Waals surface area contributed by atoms with Gasteiger partial charge in [-0.15, -0.1) is 0 Å². The van der Waals surface area contributed by atoms with Gasteiger partial charge >= 0.3 is 0 Å². The number of fused-ring (bicyclic) bond motifs is 1. The Morgan fingerprint density at radius 3 is 2.54 bits per heavy atom. The largest absolute Gasteiger partial charge is 0.361 e. The van der Waals surface area contributed by atoms with Crippen LogP contribution in [0.4, 0.5) is 5.69 Å². The van der Waals surface area contributed by atoms with Crippen molar-refractivity contribution in [3.8, 4) is 0 Å². The molecule has 124 valence electrons. The van der Waals surface area contributed by atoms with Gasteiger partial charge in [-0.1, -0.05) is 30.3 Å². The summed E-state index contributed by atoms with van der Waals surface area (Å²) in [5.74, 6) is 0.615. The van der Waals surface area contributed by atoms with Gasteiger partial charge in [0.2, 0.25) is 5.91 Å². The summed E-state index contributed by atoms with van der Waals surface area (Å²) in [5, 5.41) is 7.96. The zero-order chi connectivity index (χ0) is 17.3. The van der Waals surface area contributed by atoms with Gasteiger partial charge in [-0.2, -0.15) is 0 Å². The maximum atomic E-state index is 12.6. The quantitative estimate of drug-likeness (QED) is 0.791. The summed E-state index contributed by atoms with van der Waals surface area (Å²) in [6, 6.07) is 7.87. The highest BCUT2D eigenvalue weighted by molar-refractivity contribution is 6.03. The third-order valence-electron chi connectivity index (χ3n) is 4.34. The van der Waals surface area contributed by atoms with E-state index >= 15 is 0 Å². The van der Waals surface area contributed by atoms with Crippen LogP contribution in [0.15, 0.2) is 28.8 Å². The molecule has 2 heterocycles. The number of aryl methyl sites for hydroxylation is 3. The lowest BCUT2D eigenvalue weighted by Gasteiger charge is -2.15. The standard InChI is InChI=1S/C19H21N3O2/c1-5-14-11(2)20-17-9-7-6-8-15(17)19(14)21-18(23)10-16-12(3)22-24-13(16)4/h6-9H,5,10H2,1-4H3,(H,20,21,23). The molecule has 0 spiro atoms. The van der Waals surface area contributed by atoms with E-state index in [1.165, 1.54) is 0 Å². The summed E-state index contributed by atoms with van der Waals surface area (Å²) in [6.07, 6.45) is 1.06. The van der Waals surface area contributed by atoms with Crippen LogP contribution in [0.5, 0.6) is 0 Å². The lowest BCUT2D eigenvalue weighted by atomic mass is 10.0. The Labute approximate surface area is 141 Å². The predicted octanol–water partition coefficient (Wildman–Crippen LogP) is 3.89.